The largest absolute Gasteiger partial charge is 0.344 e. The lowest BCUT2D eigenvalue weighted by atomic mass is 10.1. The van der Waals surface area contributed by atoms with Crippen LogP contribution in [0.15, 0.2) is 115 Å². The number of aryl methyl sites for hydroxylation is 1. The molecule has 0 aliphatic carbocycles. The van der Waals surface area contributed by atoms with E-state index in [2.05, 4.69) is 132 Å². The molecule has 7 rings (SSSR count). The van der Waals surface area contributed by atoms with Crippen LogP contribution in [0.4, 0.5) is 17.1 Å². The lowest BCUT2D eigenvalue weighted by Crippen LogP contribution is -2.09. The summed E-state index contributed by atoms with van der Waals surface area (Å²) in [6.45, 7) is 0. The number of benzene rings is 5. The van der Waals surface area contributed by atoms with Gasteiger partial charge < -0.3 is 9.47 Å². The smallest absolute Gasteiger partial charge is 0.0640 e. The van der Waals surface area contributed by atoms with E-state index < -0.39 is 0 Å². The second kappa shape index (κ2) is 7.47. The van der Waals surface area contributed by atoms with Crippen LogP contribution in [0.5, 0.6) is 0 Å². The van der Waals surface area contributed by atoms with E-state index in [1.807, 2.05) is 11.3 Å². The summed E-state index contributed by atoms with van der Waals surface area (Å²) in [4.78, 5) is 2.40. The number of nitrogens with zero attached hydrogens (tertiary/aromatic N) is 2. The third-order valence-corrected chi connectivity index (χ3v) is 8.00. The van der Waals surface area contributed by atoms with E-state index in [1.165, 1.54) is 53.4 Å². The van der Waals surface area contributed by atoms with Crippen LogP contribution in [0.1, 0.15) is 0 Å². The first-order valence-electron chi connectivity index (χ1n) is 11.5. The van der Waals surface area contributed by atoms with Gasteiger partial charge in [0.05, 0.1) is 10.4 Å². The van der Waals surface area contributed by atoms with Crippen LogP contribution in [0.2, 0.25) is 0 Å². The predicted octanol–water partition coefficient (Wildman–Crippen LogP) is 9.17. The van der Waals surface area contributed by atoms with Gasteiger partial charge in [-0.1, -0.05) is 66.7 Å². The molecule has 0 saturated heterocycles. The molecule has 2 heterocycles. The number of hydrogen-bond donors (Lipinski definition) is 0. The molecular weight excluding hydrogens is 432 g/mol. The monoisotopic (exact) mass is 454 g/mol. The van der Waals surface area contributed by atoms with Crippen molar-refractivity contribution in [2.45, 2.75) is 0 Å². The fourth-order valence-corrected chi connectivity index (χ4v) is 6.41. The van der Waals surface area contributed by atoms with Crippen molar-refractivity contribution in [3.8, 4) is 0 Å². The first-order valence-corrected chi connectivity index (χ1v) is 12.3. The van der Waals surface area contributed by atoms with Crippen LogP contribution in [-0.4, -0.2) is 4.57 Å². The van der Waals surface area contributed by atoms with E-state index in [1.54, 1.807) is 0 Å². The van der Waals surface area contributed by atoms with E-state index in [9.17, 15) is 0 Å². The minimum Gasteiger partial charge on any atom is -0.344 e. The van der Waals surface area contributed by atoms with Gasteiger partial charge in [-0.15, -0.1) is 11.3 Å². The first-order chi connectivity index (χ1) is 16.8. The molecule has 0 aliphatic heterocycles. The number of rotatable bonds is 3. The standard InChI is InChI=1S/C31H22N2S/c1-32-27-15-7-5-12-23(27)26-20-22(18-19-28(26)32)33(21-10-3-2-4-11-21)29-16-9-14-25-24-13-6-8-17-30(24)34-31(25)29/h2-20H,1H3. The number of hydrogen-bond acceptors (Lipinski definition) is 2. The minimum atomic E-state index is 1.16. The van der Waals surface area contributed by atoms with Gasteiger partial charge in [-0.05, 0) is 48.5 Å². The molecule has 0 fully saturated rings. The van der Waals surface area contributed by atoms with Gasteiger partial charge in [0.1, 0.15) is 0 Å². The van der Waals surface area contributed by atoms with E-state index in [4.69, 9.17) is 0 Å². The van der Waals surface area contributed by atoms with Crippen molar-refractivity contribution in [2.24, 2.45) is 7.05 Å². The summed E-state index contributed by atoms with van der Waals surface area (Å²) in [6, 6.07) is 41.6. The Morgan fingerprint density at radius 1 is 0.559 bits per heavy atom. The molecule has 0 unspecified atom stereocenters. The summed E-state index contributed by atoms with van der Waals surface area (Å²) in [5.74, 6) is 0. The zero-order valence-electron chi connectivity index (χ0n) is 18.8. The molecule has 2 aromatic heterocycles. The molecule has 0 atom stereocenters. The highest BCUT2D eigenvalue weighted by atomic mass is 32.1. The van der Waals surface area contributed by atoms with Crippen molar-refractivity contribution < 1.29 is 0 Å². The van der Waals surface area contributed by atoms with E-state index in [0.29, 0.717) is 0 Å². The van der Waals surface area contributed by atoms with Crippen molar-refractivity contribution in [1.29, 1.82) is 0 Å². The molecule has 0 saturated carbocycles. The molecule has 0 spiro atoms. The van der Waals surface area contributed by atoms with Crippen LogP contribution in [0, 0.1) is 0 Å². The molecule has 3 heteroatoms. The first kappa shape index (κ1) is 19.4. The van der Waals surface area contributed by atoms with Crippen LogP contribution in [-0.2, 0) is 7.05 Å². The predicted molar refractivity (Wildman–Crippen MR) is 148 cm³/mol. The SMILES string of the molecule is Cn1c2ccccc2c2cc(N(c3ccccc3)c3cccc4c3sc3ccccc34)ccc21. The Hall–Kier alpha value is -4.08. The van der Waals surface area contributed by atoms with Crippen LogP contribution in [0.3, 0.4) is 0 Å². The second-order valence-corrected chi connectivity index (χ2v) is 9.75. The molecule has 2 nitrogen and oxygen atoms in total. The summed E-state index contributed by atoms with van der Waals surface area (Å²) in [5, 5.41) is 5.20. The van der Waals surface area contributed by atoms with Gasteiger partial charge in [0.15, 0.2) is 0 Å². The third kappa shape index (κ3) is 2.81. The molecule has 0 bridgehead atoms. The number of anilines is 3. The molecule has 34 heavy (non-hydrogen) atoms. The highest BCUT2D eigenvalue weighted by Crippen LogP contribution is 2.45. The zero-order valence-corrected chi connectivity index (χ0v) is 19.6. The number of para-hydroxylation sites is 2. The lowest BCUT2D eigenvalue weighted by Gasteiger charge is -2.26. The Kier molecular flexibility index (Phi) is 4.26. The summed E-state index contributed by atoms with van der Waals surface area (Å²) < 4.78 is 4.92. The van der Waals surface area contributed by atoms with Crippen molar-refractivity contribution in [2.75, 3.05) is 4.90 Å². The Morgan fingerprint density at radius 3 is 2.15 bits per heavy atom. The Balaban J connectivity index is 1.54. The molecule has 7 aromatic rings. The molecule has 0 N–H and O–H groups in total. The van der Waals surface area contributed by atoms with E-state index >= 15 is 0 Å². The number of aromatic nitrogens is 1. The van der Waals surface area contributed by atoms with Gasteiger partial charge in [-0.25, -0.2) is 0 Å². The maximum absolute atomic E-state index is 2.40. The maximum atomic E-state index is 2.40. The van der Waals surface area contributed by atoms with E-state index in [-0.39, 0.29) is 0 Å². The summed E-state index contributed by atoms with van der Waals surface area (Å²) >= 11 is 1.87. The van der Waals surface area contributed by atoms with E-state index in [0.717, 1.165) is 5.69 Å². The Labute approximate surface area is 201 Å². The van der Waals surface area contributed by atoms with Gasteiger partial charge in [0.2, 0.25) is 0 Å². The van der Waals surface area contributed by atoms with Crippen LogP contribution >= 0.6 is 11.3 Å². The highest BCUT2D eigenvalue weighted by Gasteiger charge is 2.19. The van der Waals surface area contributed by atoms with Crippen LogP contribution < -0.4 is 4.90 Å². The fraction of sp³-hybridized carbons (Fsp3) is 0.0323. The topological polar surface area (TPSA) is 8.17 Å². The quantitative estimate of drug-likeness (QED) is 0.258. The molecule has 0 aliphatic rings. The molecular formula is C31H22N2S. The third-order valence-electron chi connectivity index (χ3n) is 6.79. The average Bonchev–Trinajstić information content (AvgIpc) is 3.41. The fourth-order valence-electron chi connectivity index (χ4n) is 5.21. The maximum Gasteiger partial charge on any atom is 0.0640 e. The molecule has 5 aromatic carbocycles. The summed E-state index contributed by atoms with van der Waals surface area (Å²) in [5.41, 5.74) is 6.04. The Bertz CT molecular complexity index is 1830. The Morgan fingerprint density at radius 2 is 1.26 bits per heavy atom. The van der Waals surface area contributed by atoms with Crippen molar-refractivity contribution in [3.05, 3.63) is 115 Å². The second-order valence-electron chi connectivity index (χ2n) is 8.70. The van der Waals surface area contributed by atoms with Crippen molar-refractivity contribution in [3.63, 3.8) is 0 Å². The molecule has 162 valence electrons. The van der Waals surface area contributed by atoms with Gasteiger partial charge in [0.25, 0.3) is 0 Å². The van der Waals surface area contributed by atoms with Crippen molar-refractivity contribution >= 4 is 70.4 Å². The van der Waals surface area contributed by atoms with Gasteiger partial charge in [-0.2, -0.15) is 0 Å². The van der Waals surface area contributed by atoms with Gasteiger partial charge >= 0.3 is 0 Å². The summed E-state index contributed by atoms with van der Waals surface area (Å²) in [6.07, 6.45) is 0. The average molecular weight is 455 g/mol. The van der Waals surface area contributed by atoms with Crippen LogP contribution in [0.25, 0.3) is 42.0 Å². The number of fused-ring (bicyclic) bond motifs is 6. The normalized spacial score (nSPS) is 11.7. The number of thiophene rings is 1. The molecule has 0 radical (unpaired) electrons. The van der Waals surface area contributed by atoms with Gasteiger partial charge in [0, 0.05) is 55.7 Å². The summed E-state index contributed by atoms with van der Waals surface area (Å²) in [7, 11) is 2.15. The zero-order chi connectivity index (χ0) is 22.6. The van der Waals surface area contributed by atoms with Gasteiger partial charge in [-0.3, -0.25) is 0 Å². The van der Waals surface area contributed by atoms with Crippen molar-refractivity contribution in [1.82, 2.24) is 4.57 Å². The lowest BCUT2D eigenvalue weighted by molar-refractivity contribution is 1.01. The minimum absolute atomic E-state index is 1.16. The molecule has 0 amide bonds. The highest BCUT2D eigenvalue weighted by molar-refractivity contribution is 7.26.